The van der Waals surface area contributed by atoms with Crippen LogP contribution in [0.3, 0.4) is 0 Å². The minimum absolute atomic E-state index is 0.391. The molecule has 2 heteroatoms. The van der Waals surface area contributed by atoms with Gasteiger partial charge in [-0.2, -0.15) is 11.8 Å². The Kier molecular flexibility index (Phi) is 6.34. The Morgan fingerprint density at radius 3 is 2.14 bits per heavy atom. The van der Waals surface area contributed by atoms with Gasteiger partial charge >= 0.3 is 0 Å². The van der Waals surface area contributed by atoms with Crippen molar-refractivity contribution < 1.29 is 0 Å². The van der Waals surface area contributed by atoms with Crippen molar-refractivity contribution in [2.75, 3.05) is 11.5 Å². The average molecular weight is 299 g/mol. The van der Waals surface area contributed by atoms with E-state index in [1.165, 1.54) is 28.2 Å². The zero-order valence-electron chi connectivity index (χ0n) is 13.2. The molecule has 0 heterocycles. The summed E-state index contributed by atoms with van der Waals surface area (Å²) in [6.45, 7) is 6.71. The maximum atomic E-state index is 3.67. The van der Waals surface area contributed by atoms with Crippen LogP contribution in [0.2, 0.25) is 0 Å². The Bertz CT molecular complexity index is 521. The Balaban J connectivity index is 1.98. The van der Waals surface area contributed by atoms with E-state index < -0.39 is 0 Å². The van der Waals surface area contributed by atoms with Crippen LogP contribution >= 0.6 is 11.8 Å². The van der Waals surface area contributed by atoms with Gasteiger partial charge in [0.25, 0.3) is 0 Å². The molecule has 112 valence electrons. The summed E-state index contributed by atoms with van der Waals surface area (Å²) in [7, 11) is 0. The Hall–Kier alpha value is -1.25. The van der Waals surface area contributed by atoms with Crippen molar-refractivity contribution in [3.05, 3.63) is 60.2 Å². The van der Waals surface area contributed by atoms with Gasteiger partial charge in [-0.25, -0.2) is 0 Å². The minimum atomic E-state index is 0.391. The lowest BCUT2D eigenvalue weighted by molar-refractivity contribution is 0.511. The highest BCUT2D eigenvalue weighted by molar-refractivity contribution is 7.99. The maximum Gasteiger partial charge on any atom is 0.0294 e. The number of rotatable bonds is 7. The maximum absolute atomic E-state index is 3.67. The summed E-state index contributed by atoms with van der Waals surface area (Å²) in [4.78, 5) is 0. The van der Waals surface area contributed by atoms with Crippen molar-refractivity contribution >= 4 is 11.8 Å². The molecule has 1 N–H and O–H groups in total. The molecule has 21 heavy (non-hydrogen) atoms. The van der Waals surface area contributed by atoms with Gasteiger partial charge < -0.3 is 5.32 Å². The molecule has 0 aliphatic rings. The molecule has 0 radical (unpaired) electrons. The normalized spacial score (nSPS) is 13.9. The predicted molar refractivity (Wildman–Crippen MR) is 95.9 cm³/mol. The van der Waals surface area contributed by atoms with Crippen LogP contribution in [0, 0.1) is 0 Å². The lowest BCUT2D eigenvalue weighted by Gasteiger charge is -2.20. The molecular formula is C19H25NS. The lowest BCUT2D eigenvalue weighted by Crippen LogP contribution is -2.30. The molecule has 1 nitrogen and oxygen atoms in total. The number of hydrogen-bond acceptors (Lipinski definition) is 2. The summed E-state index contributed by atoms with van der Waals surface area (Å²) >= 11 is 1.99. The Labute approximate surface area is 133 Å². The molecule has 0 saturated heterocycles. The van der Waals surface area contributed by atoms with Gasteiger partial charge in [0.2, 0.25) is 0 Å². The van der Waals surface area contributed by atoms with Crippen LogP contribution in [-0.2, 0) is 0 Å². The molecule has 0 aromatic heterocycles. The number of benzene rings is 2. The van der Waals surface area contributed by atoms with E-state index in [-0.39, 0.29) is 0 Å². The van der Waals surface area contributed by atoms with E-state index in [1.54, 1.807) is 0 Å². The van der Waals surface area contributed by atoms with Crippen LogP contribution in [0.1, 0.15) is 32.4 Å². The van der Waals surface area contributed by atoms with Crippen molar-refractivity contribution in [1.82, 2.24) is 5.32 Å². The van der Waals surface area contributed by atoms with Gasteiger partial charge in [0.1, 0.15) is 0 Å². The van der Waals surface area contributed by atoms with E-state index in [4.69, 9.17) is 0 Å². The summed E-state index contributed by atoms with van der Waals surface area (Å²) < 4.78 is 0. The fourth-order valence-corrected chi connectivity index (χ4v) is 3.15. The molecule has 2 atom stereocenters. The number of thioether (sulfide) groups is 1. The summed E-state index contributed by atoms with van der Waals surface area (Å²) in [6, 6.07) is 20.4. The first-order valence-corrected chi connectivity index (χ1v) is 8.85. The van der Waals surface area contributed by atoms with Gasteiger partial charge in [0.05, 0.1) is 0 Å². The predicted octanol–water partition coefficient (Wildman–Crippen LogP) is 5.15. The van der Waals surface area contributed by atoms with E-state index in [2.05, 4.69) is 80.7 Å². The van der Waals surface area contributed by atoms with Gasteiger partial charge in [-0.05, 0) is 36.3 Å². The molecule has 0 saturated carbocycles. The second-order valence-electron chi connectivity index (χ2n) is 5.44. The Morgan fingerprint density at radius 1 is 0.905 bits per heavy atom. The molecule has 2 aromatic rings. The van der Waals surface area contributed by atoms with E-state index in [9.17, 15) is 0 Å². The number of nitrogens with one attached hydrogen (secondary N) is 1. The molecule has 2 rings (SSSR count). The van der Waals surface area contributed by atoms with Gasteiger partial charge in [-0.1, -0.05) is 61.5 Å². The zero-order valence-corrected chi connectivity index (χ0v) is 14.0. The van der Waals surface area contributed by atoms with Gasteiger partial charge in [-0.15, -0.1) is 0 Å². The third kappa shape index (κ3) is 4.90. The van der Waals surface area contributed by atoms with Crippen molar-refractivity contribution in [2.45, 2.75) is 32.9 Å². The van der Waals surface area contributed by atoms with Crippen LogP contribution in [0.5, 0.6) is 0 Å². The lowest BCUT2D eigenvalue weighted by atomic mass is 10.0. The highest BCUT2D eigenvalue weighted by Gasteiger charge is 2.09. The third-order valence-corrected chi connectivity index (χ3v) is 4.77. The van der Waals surface area contributed by atoms with E-state index in [0.29, 0.717) is 12.1 Å². The molecule has 0 amide bonds. The summed E-state index contributed by atoms with van der Waals surface area (Å²) in [5.41, 5.74) is 3.90. The zero-order chi connectivity index (χ0) is 15.1. The topological polar surface area (TPSA) is 12.0 Å². The molecule has 2 unspecified atom stereocenters. The van der Waals surface area contributed by atoms with Gasteiger partial charge in [0.15, 0.2) is 0 Å². The van der Waals surface area contributed by atoms with Crippen molar-refractivity contribution in [3.63, 3.8) is 0 Å². The van der Waals surface area contributed by atoms with E-state index in [0.717, 1.165) is 0 Å². The highest BCUT2D eigenvalue weighted by Crippen LogP contribution is 2.22. The first kappa shape index (κ1) is 16.1. The molecule has 0 spiro atoms. The Morgan fingerprint density at radius 2 is 1.52 bits per heavy atom. The SMILES string of the molecule is CCSCC(C)NC(C)c1ccc(-c2ccccc2)cc1. The molecule has 0 aliphatic heterocycles. The quantitative estimate of drug-likeness (QED) is 0.759. The smallest absolute Gasteiger partial charge is 0.0294 e. The summed E-state index contributed by atoms with van der Waals surface area (Å²) in [5, 5.41) is 3.67. The second-order valence-corrected chi connectivity index (χ2v) is 6.76. The standard InChI is InChI=1S/C19H25NS/c1-4-21-14-15(2)20-16(3)17-10-12-19(13-11-17)18-8-6-5-7-9-18/h5-13,15-16,20H,4,14H2,1-3H3. The molecule has 0 fully saturated rings. The van der Waals surface area contributed by atoms with Crippen molar-refractivity contribution in [2.24, 2.45) is 0 Å². The average Bonchev–Trinajstić information content (AvgIpc) is 2.54. The van der Waals surface area contributed by atoms with Crippen LogP contribution in [0.25, 0.3) is 11.1 Å². The fraction of sp³-hybridized carbons (Fsp3) is 0.368. The van der Waals surface area contributed by atoms with Gasteiger partial charge in [-0.3, -0.25) is 0 Å². The van der Waals surface area contributed by atoms with E-state index in [1.807, 2.05) is 11.8 Å². The van der Waals surface area contributed by atoms with Crippen LogP contribution in [-0.4, -0.2) is 17.5 Å². The number of hydrogen-bond donors (Lipinski definition) is 1. The van der Waals surface area contributed by atoms with E-state index >= 15 is 0 Å². The first-order chi connectivity index (χ1) is 10.2. The van der Waals surface area contributed by atoms with Crippen molar-refractivity contribution in [3.8, 4) is 11.1 Å². The van der Waals surface area contributed by atoms with Crippen molar-refractivity contribution in [1.29, 1.82) is 0 Å². The molecule has 0 bridgehead atoms. The first-order valence-electron chi connectivity index (χ1n) is 7.70. The van der Waals surface area contributed by atoms with Crippen LogP contribution < -0.4 is 5.32 Å². The molecule has 0 aliphatic carbocycles. The summed E-state index contributed by atoms with van der Waals surface area (Å²) in [5.74, 6) is 2.36. The minimum Gasteiger partial charge on any atom is -0.307 e. The fourth-order valence-electron chi connectivity index (χ4n) is 2.46. The van der Waals surface area contributed by atoms with Crippen LogP contribution in [0.4, 0.5) is 0 Å². The monoisotopic (exact) mass is 299 g/mol. The summed E-state index contributed by atoms with van der Waals surface area (Å²) in [6.07, 6.45) is 0. The second kappa shape index (κ2) is 8.26. The largest absolute Gasteiger partial charge is 0.307 e. The highest BCUT2D eigenvalue weighted by atomic mass is 32.2. The third-order valence-electron chi connectivity index (χ3n) is 3.62. The van der Waals surface area contributed by atoms with Gasteiger partial charge in [0, 0.05) is 17.8 Å². The van der Waals surface area contributed by atoms with Crippen LogP contribution in [0.15, 0.2) is 54.6 Å². The molecular weight excluding hydrogens is 274 g/mol. The molecule has 2 aromatic carbocycles.